The van der Waals surface area contributed by atoms with Gasteiger partial charge in [-0.15, -0.1) is 0 Å². The van der Waals surface area contributed by atoms with Crippen molar-refractivity contribution in [3.8, 4) is 0 Å². The Balaban J connectivity index is 1.27. The van der Waals surface area contributed by atoms with Gasteiger partial charge in [0, 0.05) is 25.0 Å². The molecule has 1 unspecified atom stereocenters. The van der Waals surface area contributed by atoms with E-state index in [1.807, 2.05) is 4.90 Å². The highest BCUT2D eigenvalue weighted by atomic mass is 16.2. The molecule has 4 rings (SSSR count). The average molecular weight is 277 g/mol. The molecule has 4 aliphatic rings. The number of nitrogens with one attached hydrogen (secondary N) is 1. The highest BCUT2D eigenvalue weighted by molar-refractivity contribution is 5.84. The largest absolute Gasteiger partial charge is 0.350 e. The monoisotopic (exact) mass is 277 g/mol. The van der Waals surface area contributed by atoms with E-state index in [4.69, 9.17) is 0 Å². The van der Waals surface area contributed by atoms with Crippen LogP contribution >= 0.6 is 0 Å². The first kappa shape index (κ1) is 12.6. The Hall–Kier alpha value is -1.10. The summed E-state index contributed by atoms with van der Waals surface area (Å²) in [6.45, 7) is 2.52. The zero-order valence-corrected chi connectivity index (χ0v) is 11.9. The molecule has 20 heavy (non-hydrogen) atoms. The Morgan fingerprint density at radius 1 is 1.00 bits per heavy atom. The van der Waals surface area contributed by atoms with Gasteiger partial charge in [-0.1, -0.05) is 0 Å². The van der Waals surface area contributed by atoms with Crippen molar-refractivity contribution >= 4 is 11.8 Å². The molecule has 0 aromatic carbocycles. The lowest BCUT2D eigenvalue weighted by Gasteiger charge is -2.42. The van der Waals surface area contributed by atoms with Crippen LogP contribution in [0.2, 0.25) is 0 Å². The zero-order chi connectivity index (χ0) is 13.7. The Labute approximate surface area is 119 Å². The van der Waals surface area contributed by atoms with E-state index in [2.05, 4.69) is 10.2 Å². The third-order valence-corrected chi connectivity index (χ3v) is 5.08. The lowest BCUT2D eigenvalue weighted by Crippen LogP contribution is -2.63. The van der Waals surface area contributed by atoms with Gasteiger partial charge in [0.25, 0.3) is 0 Å². The third kappa shape index (κ3) is 2.32. The van der Waals surface area contributed by atoms with Crippen molar-refractivity contribution in [2.24, 2.45) is 5.92 Å². The smallest absolute Gasteiger partial charge is 0.240 e. The average Bonchev–Trinajstić information content (AvgIpc) is 3.30. The third-order valence-electron chi connectivity index (χ3n) is 5.08. The molecule has 1 N–H and O–H groups in total. The van der Waals surface area contributed by atoms with Gasteiger partial charge in [0.15, 0.2) is 0 Å². The molecule has 0 bridgehead atoms. The summed E-state index contributed by atoms with van der Waals surface area (Å²) in [7, 11) is 0. The summed E-state index contributed by atoms with van der Waals surface area (Å²) in [6.07, 6.45) is 6.79. The molecule has 2 saturated heterocycles. The number of rotatable bonds is 4. The number of hydrogen-bond donors (Lipinski definition) is 1. The number of likely N-dealkylation sites (tertiary alicyclic amines) is 2. The van der Waals surface area contributed by atoms with Crippen molar-refractivity contribution in [3.63, 3.8) is 0 Å². The number of amides is 2. The lowest BCUT2D eigenvalue weighted by molar-refractivity contribution is -0.142. The van der Waals surface area contributed by atoms with Crippen molar-refractivity contribution in [1.82, 2.24) is 15.1 Å². The summed E-state index contributed by atoms with van der Waals surface area (Å²) >= 11 is 0. The topological polar surface area (TPSA) is 52.7 Å². The van der Waals surface area contributed by atoms with Crippen LogP contribution < -0.4 is 5.32 Å². The number of hydrogen-bond acceptors (Lipinski definition) is 3. The molecule has 5 heteroatoms. The number of carbonyl (C=O) groups excluding carboxylic acids is 2. The second-order valence-electron chi connectivity index (χ2n) is 6.85. The highest BCUT2D eigenvalue weighted by Gasteiger charge is 2.44. The first-order valence-electron chi connectivity index (χ1n) is 8.07. The second-order valence-corrected chi connectivity index (χ2v) is 6.85. The molecule has 2 aliphatic heterocycles. The first-order valence-corrected chi connectivity index (χ1v) is 8.07. The summed E-state index contributed by atoms with van der Waals surface area (Å²) in [4.78, 5) is 28.5. The number of carbonyl (C=O) groups is 2. The Morgan fingerprint density at radius 2 is 1.75 bits per heavy atom. The maximum Gasteiger partial charge on any atom is 0.240 e. The Morgan fingerprint density at radius 3 is 2.40 bits per heavy atom. The van der Waals surface area contributed by atoms with Crippen LogP contribution in [0, 0.1) is 5.92 Å². The van der Waals surface area contributed by atoms with Gasteiger partial charge in [-0.25, -0.2) is 0 Å². The Kier molecular flexibility index (Phi) is 2.98. The van der Waals surface area contributed by atoms with Gasteiger partial charge >= 0.3 is 0 Å². The van der Waals surface area contributed by atoms with Gasteiger partial charge < -0.3 is 10.2 Å². The van der Waals surface area contributed by atoms with E-state index in [-0.39, 0.29) is 23.9 Å². The van der Waals surface area contributed by atoms with Gasteiger partial charge in [-0.05, 0) is 45.1 Å². The summed E-state index contributed by atoms with van der Waals surface area (Å²) in [6, 6.07) is 1.00. The molecule has 0 aromatic rings. The minimum absolute atomic E-state index is 0.127. The van der Waals surface area contributed by atoms with E-state index in [1.165, 1.54) is 12.8 Å². The summed E-state index contributed by atoms with van der Waals surface area (Å²) in [5, 5.41) is 3.05. The quantitative estimate of drug-likeness (QED) is 0.807. The molecule has 1 atom stereocenters. The maximum absolute atomic E-state index is 12.5. The Bertz CT molecular complexity index is 425. The first-order chi connectivity index (χ1) is 9.72. The molecular weight excluding hydrogens is 254 g/mol. The van der Waals surface area contributed by atoms with Crippen molar-refractivity contribution in [3.05, 3.63) is 0 Å². The van der Waals surface area contributed by atoms with Gasteiger partial charge in [-0.3, -0.25) is 14.5 Å². The summed E-state index contributed by atoms with van der Waals surface area (Å²) in [5.74, 6) is 0.758. The van der Waals surface area contributed by atoms with Crippen LogP contribution in [0.15, 0.2) is 0 Å². The van der Waals surface area contributed by atoms with Crippen LogP contribution in [0.5, 0.6) is 0 Å². The van der Waals surface area contributed by atoms with Gasteiger partial charge in [0.2, 0.25) is 11.8 Å². The molecule has 0 spiro atoms. The molecule has 4 fully saturated rings. The molecule has 2 saturated carbocycles. The molecule has 0 radical (unpaired) electrons. The predicted octanol–water partition coefficient (Wildman–Crippen LogP) is 0.350. The molecule has 110 valence electrons. The fourth-order valence-electron chi connectivity index (χ4n) is 3.52. The normalized spacial score (nSPS) is 31.2. The van der Waals surface area contributed by atoms with E-state index in [9.17, 15) is 9.59 Å². The standard InChI is InChI=1S/C15H23N3O2/c19-14(10-3-4-10)16-11-8-17(9-11)15(20)13-2-1-7-18(13)12-5-6-12/h10-13H,1-9H2,(H,16,19). The predicted molar refractivity (Wildman–Crippen MR) is 74.0 cm³/mol. The molecule has 5 nitrogen and oxygen atoms in total. The minimum atomic E-state index is 0.127. The zero-order valence-electron chi connectivity index (χ0n) is 11.9. The number of nitrogens with zero attached hydrogens (tertiary/aromatic N) is 2. The molecule has 2 amide bonds. The van der Waals surface area contributed by atoms with Crippen molar-refractivity contribution in [2.45, 2.75) is 56.7 Å². The van der Waals surface area contributed by atoms with E-state index in [0.29, 0.717) is 25.0 Å². The van der Waals surface area contributed by atoms with Crippen LogP contribution in [-0.2, 0) is 9.59 Å². The van der Waals surface area contributed by atoms with E-state index < -0.39 is 0 Å². The molecule has 2 heterocycles. The van der Waals surface area contributed by atoms with E-state index in [1.54, 1.807) is 0 Å². The van der Waals surface area contributed by atoms with Crippen LogP contribution in [0.4, 0.5) is 0 Å². The van der Waals surface area contributed by atoms with Crippen molar-refractivity contribution in [1.29, 1.82) is 0 Å². The summed E-state index contributed by atoms with van der Waals surface area (Å²) < 4.78 is 0. The maximum atomic E-state index is 12.5. The van der Waals surface area contributed by atoms with Gasteiger partial charge in [0.05, 0.1) is 12.1 Å². The van der Waals surface area contributed by atoms with Gasteiger partial charge in [-0.2, -0.15) is 0 Å². The van der Waals surface area contributed by atoms with Crippen LogP contribution in [0.25, 0.3) is 0 Å². The van der Waals surface area contributed by atoms with Crippen molar-refractivity contribution < 1.29 is 9.59 Å². The molecular formula is C15H23N3O2. The SMILES string of the molecule is O=C(NC1CN(C(=O)C2CCCN2C2CC2)C1)C1CC1. The lowest BCUT2D eigenvalue weighted by atomic mass is 10.1. The van der Waals surface area contributed by atoms with Crippen LogP contribution in [-0.4, -0.2) is 59.4 Å². The fourth-order valence-corrected chi connectivity index (χ4v) is 3.52. The summed E-state index contributed by atoms with van der Waals surface area (Å²) in [5.41, 5.74) is 0. The molecule has 2 aliphatic carbocycles. The second kappa shape index (κ2) is 4.72. The van der Waals surface area contributed by atoms with Crippen LogP contribution in [0.3, 0.4) is 0 Å². The highest BCUT2D eigenvalue weighted by Crippen LogP contribution is 2.34. The molecule has 0 aromatic heterocycles. The minimum Gasteiger partial charge on any atom is -0.350 e. The van der Waals surface area contributed by atoms with Crippen molar-refractivity contribution in [2.75, 3.05) is 19.6 Å². The van der Waals surface area contributed by atoms with E-state index >= 15 is 0 Å². The fraction of sp³-hybridized carbons (Fsp3) is 0.867. The van der Waals surface area contributed by atoms with E-state index in [0.717, 1.165) is 32.2 Å². The van der Waals surface area contributed by atoms with Gasteiger partial charge in [0.1, 0.15) is 0 Å². The van der Waals surface area contributed by atoms with Crippen LogP contribution in [0.1, 0.15) is 38.5 Å².